The summed E-state index contributed by atoms with van der Waals surface area (Å²) in [4.78, 5) is 8.53. The van der Waals surface area contributed by atoms with Gasteiger partial charge in [-0.1, -0.05) is 0 Å². The molecule has 0 atom stereocenters. The molecule has 4 aromatic rings. The van der Waals surface area contributed by atoms with Gasteiger partial charge in [0.05, 0.1) is 31.8 Å². The second kappa shape index (κ2) is 6.76. The van der Waals surface area contributed by atoms with Crippen molar-refractivity contribution in [3.05, 3.63) is 67.4 Å². The third kappa shape index (κ3) is 3.04. The van der Waals surface area contributed by atoms with Crippen molar-refractivity contribution in [3.8, 4) is 17.2 Å². The number of rotatable bonds is 5. The van der Waals surface area contributed by atoms with Crippen LogP contribution in [0.15, 0.2) is 67.4 Å². The molecule has 0 unspecified atom stereocenters. The van der Waals surface area contributed by atoms with Crippen LogP contribution in [0.3, 0.4) is 0 Å². The lowest BCUT2D eigenvalue weighted by Gasteiger charge is -2.13. The van der Waals surface area contributed by atoms with E-state index in [0.717, 1.165) is 39.5 Å². The molecule has 0 aliphatic rings. The van der Waals surface area contributed by atoms with Gasteiger partial charge in [0.1, 0.15) is 11.5 Å². The van der Waals surface area contributed by atoms with E-state index in [1.165, 1.54) is 0 Å². The van der Waals surface area contributed by atoms with Crippen molar-refractivity contribution >= 4 is 22.3 Å². The highest BCUT2D eigenvalue weighted by Gasteiger charge is 2.07. The Hall–Kier alpha value is -3.54. The van der Waals surface area contributed by atoms with E-state index in [0.29, 0.717) is 0 Å². The highest BCUT2D eigenvalue weighted by atomic mass is 16.5. The number of fused-ring (bicyclic) bond motifs is 1. The van der Waals surface area contributed by atoms with E-state index < -0.39 is 0 Å². The molecule has 0 radical (unpaired) electrons. The predicted molar refractivity (Wildman–Crippen MR) is 102 cm³/mol. The molecule has 1 N–H and O–H groups in total. The first kappa shape index (κ1) is 16.0. The number of anilines is 2. The molecule has 0 aliphatic carbocycles. The normalized spacial score (nSPS) is 10.7. The van der Waals surface area contributed by atoms with E-state index in [-0.39, 0.29) is 0 Å². The Balaban J connectivity index is 1.75. The van der Waals surface area contributed by atoms with Gasteiger partial charge in [0.25, 0.3) is 0 Å². The number of methoxy groups -OCH3 is 2. The number of benzene rings is 2. The van der Waals surface area contributed by atoms with Crippen LogP contribution in [0.1, 0.15) is 0 Å². The van der Waals surface area contributed by atoms with Crippen molar-refractivity contribution in [1.82, 2.24) is 14.5 Å². The fraction of sp³-hybridized carbons (Fsp3) is 0.100. The average Bonchev–Trinajstić information content (AvgIpc) is 3.22. The van der Waals surface area contributed by atoms with Crippen LogP contribution in [0.4, 0.5) is 11.4 Å². The molecule has 6 heteroatoms. The summed E-state index contributed by atoms with van der Waals surface area (Å²) in [5, 5.41) is 4.48. The van der Waals surface area contributed by atoms with Crippen LogP contribution in [0.25, 0.3) is 16.6 Å². The summed E-state index contributed by atoms with van der Waals surface area (Å²) in [6, 6.07) is 13.8. The van der Waals surface area contributed by atoms with Gasteiger partial charge < -0.3 is 19.4 Å². The van der Waals surface area contributed by atoms with E-state index in [1.54, 1.807) is 32.9 Å². The highest BCUT2D eigenvalue weighted by Crippen LogP contribution is 2.30. The molecule has 0 saturated carbocycles. The number of aromatic nitrogens is 3. The summed E-state index contributed by atoms with van der Waals surface area (Å²) in [5.74, 6) is 1.55. The molecule has 0 aliphatic heterocycles. The van der Waals surface area contributed by atoms with E-state index >= 15 is 0 Å². The van der Waals surface area contributed by atoms with E-state index in [4.69, 9.17) is 9.47 Å². The molecule has 0 amide bonds. The molecular formula is C20H18N4O2. The lowest BCUT2D eigenvalue weighted by atomic mass is 10.1. The smallest absolute Gasteiger partial charge is 0.123 e. The van der Waals surface area contributed by atoms with Gasteiger partial charge in [-0.3, -0.25) is 4.98 Å². The number of imidazole rings is 1. The van der Waals surface area contributed by atoms with Crippen molar-refractivity contribution < 1.29 is 9.47 Å². The van der Waals surface area contributed by atoms with Gasteiger partial charge in [-0.05, 0) is 24.3 Å². The first-order valence-corrected chi connectivity index (χ1v) is 8.14. The molecule has 26 heavy (non-hydrogen) atoms. The molecule has 130 valence electrons. The van der Waals surface area contributed by atoms with Crippen LogP contribution in [-0.4, -0.2) is 28.8 Å². The number of ether oxygens (including phenoxy) is 2. The van der Waals surface area contributed by atoms with Crippen molar-refractivity contribution in [2.75, 3.05) is 19.5 Å². The predicted octanol–water partition coefficient (Wildman–Crippen LogP) is 4.18. The Morgan fingerprint density at radius 3 is 2.58 bits per heavy atom. The summed E-state index contributed by atoms with van der Waals surface area (Å²) in [7, 11) is 3.31. The number of hydrogen-bond donors (Lipinski definition) is 1. The Bertz CT molecular complexity index is 1050. The summed E-state index contributed by atoms with van der Waals surface area (Å²) in [5.41, 5.74) is 3.70. The summed E-state index contributed by atoms with van der Waals surface area (Å²) in [6.07, 6.45) is 7.18. The fourth-order valence-corrected chi connectivity index (χ4v) is 2.85. The maximum absolute atomic E-state index is 5.45. The molecule has 2 aromatic heterocycles. The molecule has 0 fully saturated rings. The molecule has 6 nitrogen and oxygen atoms in total. The maximum atomic E-state index is 5.45. The van der Waals surface area contributed by atoms with Crippen molar-refractivity contribution in [1.29, 1.82) is 0 Å². The third-order valence-electron chi connectivity index (χ3n) is 4.16. The minimum atomic E-state index is 0.763. The number of pyridine rings is 1. The molecule has 0 saturated heterocycles. The summed E-state index contributed by atoms with van der Waals surface area (Å²) >= 11 is 0. The minimum absolute atomic E-state index is 0.763. The standard InChI is InChI=1S/C20H18N4O2/c1-25-16-3-4-18-19(5-6-22-20(18)12-16)23-14-9-15(11-17(10-14)26-2)24-8-7-21-13-24/h3-13H,1-2H3,(H,22,23). The zero-order valence-corrected chi connectivity index (χ0v) is 14.5. The van der Waals surface area contributed by atoms with Crippen LogP contribution in [-0.2, 0) is 0 Å². The topological polar surface area (TPSA) is 61.2 Å². The molecular weight excluding hydrogens is 328 g/mol. The highest BCUT2D eigenvalue weighted by molar-refractivity contribution is 5.93. The van der Waals surface area contributed by atoms with Crippen LogP contribution in [0, 0.1) is 0 Å². The third-order valence-corrected chi connectivity index (χ3v) is 4.16. The first-order valence-electron chi connectivity index (χ1n) is 8.14. The second-order valence-corrected chi connectivity index (χ2v) is 5.76. The molecule has 0 bridgehead atoms. The minimum Gasteiger partial charge on any atom is -0.497 e. The van der Waals surface area contributed by atoms with Crippen molar-refractivity contribution in [2.24, 2.45) is 0 Å². The Labute approximate surface area is 151 Å². The Kier molecular flexibility index (Phi) is 4.15. The van der Waals surface area contributed by atoms with Gasteiger partial charge in [-0.25, -0.2) is 4.98 Å². The van der Waals surface area contributed by atoms with Crippen LogP contribution in [0.2, 0.25) is 0 Å². The van der Waals surface area contributed by atoms with Gasteiger partial charge in [-0.15, -0.1) is 0 Å². The van der Waals surface area contributed by atoms with Crippen LogP contribution < -0.4 is 14.8 Å². The van der Waals surface area contributed by atoms with E-state index in [1.807, 2.05) is 53.2 Å². The monoisotopic (exact) mass is 346 g/mol. The first-order chi connectivity index (χ1) is 12.8. The van der Waals surface area contributed by atoms with Crippen molar-refractivity contribution in [2.45, 2.75) is 0 Å². The second-order valence-electron chi connectivity index (χ2n) is 5.76. The summed E-state index contributed by atoms with van der Waals surface area (Å²) in [6.45, 7) is 0. The number of nitrogens with one attached hydrogen (secondary N) is 1. The molecule has 4 rings (SSSR count). The van der Waals surface area contributed by atoms with Gasteiger partial charge >= 0.3 is 0 Å². The van der Waals surface area contributed by atoms with Gasteiger partial charge in [0.15, 0.2) is 0 Å². The quantitative estimate of drug-likeness (QED) is 0.587. The molecule has 2 aromatic carbocycles. The van der Waals surface area contributed by atoms with Gasteiger partial charge in [0, 0.05) is 53.6 Å². The zero-order chi connectivity index (χ0) is 17.9. The van der Waals surface area contributed by atoms with E-state index in [2.05, 4.69) is 15.3 Å². The van der Waals surface area contributed by atoms with Crippen molar-refractivity contribution in [3.63, 3.8) is 0 Å². The Morgan fingerprint density at radius 2 is 1.81 bits per heavy atom. The average molecular weight is 346 g/mol. The lowest BCUT2D eigenvalue weighted by molar-refractivity contribution is 0.415. The zero-order valence-electron chi connectivity index (χ0n) is 14.5. The maximum Gasteiger partial charge on any atom is 0.123 e. The van der Waals surface area contributed by atoms with Crippen LogP contribution in [0.5, 0.6) is 11.5 Å². The SMILES string of the molecule is COc1cc(Nc2ccnc3cc(OC)ccc23)cc(-n2ccnc2)c1. The van der Waals surface area contributed by atoms with Gasteiger partial charge in [0.2, 0.25) is 0 Å². The molecule has 0 spiro atoms. The van der Waals surface area contributed by atoms with Crippen LogP contribution >= 0.6 is 0 Å². The number of hydrogen-bond acceptors (Lipinski definition) is 5. The summed E-state index contributed by atoms with van der Waals surface area (Å²) < 4.78 is 12.7. The van der Waals surface area contributed by atoms with Gasteiger partial charge in [-0.2, -0.15) is 0 Å². The molecule has 2 heterocycles. The number of nitrogens with zero attached hydrogens (tertiary/aromatic N) is 3. The fourth-order valence-electron chi connectivity index (χ4n) is 2.85. The van der Waals surface area contributed by atoms with E-state index in [9.17, 15) is 0 Å². The largest absolute Gasteiger partial charge is 0.497 e. The Morgan fingerprint density at radius 1 is 0.923 bits per heavy atom. The lowest BCUT2D eigenvalue weighted by Crippen LogP contribution is -1.97.